The molecule has 0 amide bonds. The van der Waals surface area contributed by atoms with Gasteiger partial charge in [0.05, 0.1) is 0 Å². The van der Waals surface area contributed by atoms with E-state index in [1.54, 1.807) is 6.92 Å². The van der Waals surface area contributed by atoms with Gasteiger partial charge in [-0.1, -0.05) is 17.6 Å². The zero-order valence-electron chi connectivity index (χ0n) is 11.0. The summed E-state index contributed by atoms with van der Waals surface area (Å²) in [5, 5.41) is 0. The van der Waals surface area contributed by atoms with Crippen LogP contribution in [0.25, 0.3) is 0 Å². The minimum atomic E-state index is -0.932. The maximum Gasteiger partial charge on any atom is 0.314 e. The van der Waals surface area contributed by atoms with E-state index >= 15 is 0 Å². The minimum absolute atomic E-state index is 0.222. The number of ketones is 1. The zero-order valence-corrected chi connectivity index (χ0v) is 11.0. The van der Waals surface area contributed by atoms with E-state index in [4.69, 9.17) is 11.2 Å². The first-order chi connectivity index (χ1) is 7.79. The molecule has 3 nitrogen and oxygen atoms in total. The second-order valence-corrected chi connectivity index (χ2v) is 4.55. The SMILES string of the molecule is C#CC(C)(CCC=C(C)C)OC(=O)CC(C)=O. The molecule has 0 saturated heterocycles. The van der Waals surface area contributed by atoms with Gasteiger partial charge in [-0.25, -0.2) is 0 Å². The number of Topliss-reactive ketones (excluding diaryl/α,β-unsaturated/α-hetero) is 1. The molecule has 3 heteroatoms. The highest BCUT2D eigenvalue weighted by atomic mass is 16.6. The number of hydrogen-bond acceptors (Lipinski definition) is 3. The van der Waals surface area contributed by atoms with Crippen LogP contribution in [0.1, 0.15) is 47.0 Å². The quantitative estimate of drug-likeness (QED) is 0.308. The summed E-state index contributed by atoms with van der Waals surface area (Å²) in [6.07, 6.45) is 8.48. The molecule has 0 fully saturated rings. The molecule has 0 aromatic rings. The fraction of sp³-hybridized carbons (Fsp3) is 0.571. The van der Waals surface area contributed by atoms with Gasteiger partial charge in [0.2, 0.25) is 0 Å². The maximum atomic E-state index is 11.4. The molecule has 0 rings (SSSR count). The monoisotopic (exact) mass is 236 g/mol. The molecular weight excluding hydrogens is 216 g/mol. The van der Waals surface area contributed by atoms with Crippen molar-refractivity contribution in [1.82, 2.24) is 0 Å². The van der Waals surface area contributed by atoms with Crippen LogP contribution in [0.5, 0.6) is 0 Å². The van der Waals surface area contributed by atoms with Crippen molar-refractivity contribution in [3.63, 3.8) is 0 Å². The smallest absolute Gasteiger partial charge is 0.314 e. The summed E-state index contributed by atoms with van der Waals surface area (Å²) in [5.41, 5.74) is 0.262. The average Bonchev–Trinajstić information content (AvgIpc) is 2.15. The van der Waals surface area contributed by atoms with Crippen LogP contribution in [0.4, 0.5) is 0 Å². The van der Waals surface area contributed by atoms with Gasteiger partial charge >= 0.3 is 5.97 Å². The highest BCUT2D eigenvalue weighted by molar-refractivity contribution is 5.94. The molecule has 0 N–H and O–H groups in total. The summed E-state index contributed by atoms with van der Waals surface area (Å²) < 4.78 is 5.15. The Labute approximate surface area is 103 Å². The second kappa shape index (κ2) is 6.90. The van der Waals surface area contributed by atoms with Gasteiger partial charge in [0.25, 0.3) is 0 Å². The number of ether oxygens (including phenoxy) is 1. The van der Waals surface area contributed by atoms with Crippen molar-refractivity contribution in [2.24, 2.45) is 0 Å². The standard InChI is InChI=1S/C14H20O3/c1-6-14(5,9-7-8-11(2)3)17-13(16)10-12(4)15/h1,8H,7,9-10H2,2-5H3. The van der Waals surface area contributed by atoms with Gasteiger partial charge in [-0.3, -0.25) is 9.59 Å². The van der Waals surface area contributed by atoms with Gasteiger partial charge < -0.3 is 4.74 Å². The first kappa shape index (κ1) is 15.4. The van der Waals surface area contributed by atoms with E-state index in [1.165, 1.54) is 12.5 Å². The Bertz CT molecular complexity index is 356. The van der Waals surface area contributed by atoms with E-state index < -0.39 is 11.6 Å². The van der Waals surface area contributed by atoms with Gasteiger partial charge in [0.15, 0.2) is 5.60 Å². The Balaban J connectivity index is 4.38. The Morgan fingerprint density at radius 3 is 2.35 bits per heavy atom. The van der Waals surface area contributed by atoms with Crippen molar-refractivity contribution in [2.75, 3.05) is 0 Å². The molecule has 0 aromatic carbocycles. The largest absolute Gasteiger partial charge is 0.446 e. The molecule has 17 heavy (non-hydrogen) atoms. The van der Waals surface area contributed by atoms with Crippen LogP contribution in [0, 0.1) is 12.3 Å². The molecule has 0 saturated carbocycles. The lowest BCUT2D eigenvalue weighted by Gasteiger charge is -2.23. The van der Waals surface area contributed by atoms with E-state index in [0.717, 1.165) is 6.42 Å². The fourth-order valence-electron chi connectivity index (χ4n) is 1.28. The Hall–Kier alpha value is -1.56. The van der Waals surface area contributed by atoms with Crippen LogP contribution in [-0.4, -0.2) is 17.4 Å². The van der Waals surface area contributed by atoms with Crippen molar-refractivity contribution in [3.05, 3.63) is 11.6 Å². The number of hydrogen-bond donors (Lipinski definition) is 0. The molecule has 0 aliphatic carbocycles. The summed E-state index contributed by atoms with van der Waals surface area (Å²) in [4.78, 5) is 22.1. The summed E-state index contributed by atoms with van der Waals surface area (Å²) >= 11 is 0. The van der Waals surface area contributed by atoms with Crippen LogP contribution in [0.15, 0.2) is 11.6 Å². The lowest BCUT2D eigenvalue weighted by molar-refractivity contribution is -0.154. The lowest BCUT2D eigenvalue weighted by Crippen LogP contribution is -2.30. The number of rotatable bonds is 6. The van der Waals surface area contributed by atoms with Gasteiger partial charge in [-0.15, -0.1) is 6.42 Å². The first-order valence-corrected chi connectivity index (χ1v) is 5.61. The Morgan fingerprint density at radius 1 is 1.35 bits per heavy atom. The summed E-state index contributed by atoms with van der Waals surface area (Å²) in [7, 11) is 0. The van der Waals surface area contributed by atoms with Crippen molar-refractivity contribution in [2.45, 2.75) is 52.6 Å². The first-order valence-electron chi connectivity index (χ1n) is 5.61. The third-order valence-corrected chi connectivity index (χ3v) is 2.21. The predicted octanol–water partition coefficient (Wildman–Crippen LogP) is 2.65. The number of carbonyl (C=O) groups excluding carboxylic acids is 2. The van der Waals surface area contributed by atoms with E-state index in [2.05, 4.69) is 5.92 Å². The molecule has 0 radical (unpaired) electrons. The molecule has 0 aromatic heterocycles. The molecule has 94 valence electrons. The second-order valence-electron chi connectivity index (χ2n) is 4.55. The summed E-state index contributed by atoms with van der Waals surface area (Å²) in [6.45, 7) is 7.02. The van der Waals surface area contributed by atoms with E-state index in [0.29, 0.717) is 6.42 Å². The topological polar surface area (TPSA) is 43.4 Å². The predicted molar refractivity (Wildman–Crippen MR) is 67.3 cm³/mol. The molecule has 0 spiro atoms. The number of terminal acetylenes is 1. The zero-order chi connectivity index (χ0) is 13.5. The van der Waals surface area contributed by atoms with Gasteiger partial charge in [-0.2, -0.15) is 0 Å². The van der Waals surface area contributed by atoms with Crippen molar-refractivity contribution in [3.8, 4) is 12.3 Å². The van der Waals surface area contributed by atoms with Crippen LogP contribution in [0.3, 0.4) is 0 Å². The normalized spacial score (nSPS) is 13.1. The third-order valence-electron chi connectivity index (χ3n) is 2.21. The Kier molecular flexibility index (Phi) is 6.27. The molecule has 0 aliphatic heterocycles. The van der Waals surface area contributed by atoms with Gasteiger partial charge in [0.1, 0.15) is 12.2 Å². The molecular formula is C14H20O3. The van der Waals surface area contributed by atoms with Crippen molar-refractivity contribution < 1.29 is 14.3 Å². The van der Waals surface area contributed by atoms with Gasteiger partial charge in [-0.05, 0) is 34.1 Å². The van der Waals surface area contributed by atoms with Crippen LogP contribution in [0.2, 0.25) is 0 Å². The molecule has 1 unspecified atom stereocenters. The van der Waals surface area contributed by atoms with Crippen LogP contribution < -0.4 is 0 Å². The lowest BCUT2D eigenvalue weighted by atomic mass is 10.00. The van der Waals surface area contributed by atoms with Crippen molar-refractivity contribution in [1.29, 1.82) is 0 Å². The van der Waals surface area contributed by atoms with Gasteiger partial charge in [0, 0.05) is 6.42 Å². The minimum Gasteiger partial charge on any atom is -0.446 e. The summed E-state index contributed by atoms with van der Waals surface area (Å²) in [5.74, 6) is 1.69. The van der Waals surface area contributed by atoms with E-state index in [-0.39, 0.29) is 12.2 Å². The molecule has 0 heterocycles. The number of esters is 1. The average molecular weight is 236 g/mol. The van der Waals surface area contributed by atoms with E-state index in [1.807, 2.05) is 19.9 Å². The van der Waals surface area contributed by atoms with E-state index in [9.17, 15) is 9.59 Å². The fourth-order valence-corrected chi connectivity index (χ4v) is 1.28. The molecule has 0 bridgehead atoms. The number of carbonyl (C=O) groups is 2. The molecule has 0 aliphatic rings. The Morgan fingerprint density at radius 2 is 1.94 bits per heavy atom. The van der Waals surface area contributed by atoms with Crippen LogP contribution in [-0.2, 0) is 14.3 Å². The highest BCUT2D eigenvalue weighted by Gasteiger charge is 2.25. The van der Waals surface area contributed by atoms with Crippen LogP contribution >= 0.6 is 0 Å². The van der Waals surface area contributed by atoms with Crippen molar-refractivity contribution >= 4 is 11.8 Å². The third kappa shape index (κ3) is 7.35. The number of allylic oxidation sites excluding steroid dienone is 2. The molecule has 1 atom stereocenters. The maximum absolute atomic E-state index is 11.4. The summed E-state index contributed by atoms with van der Waals surface area (Å²) in [6, 6.07) is 0. The highest BCUT2D eigenvalue weighted by Crippen LogP contribution is 2.18.